The molecular weight excluding hydrogens is 457 g/mol. The van der Waals surface area contributed by atoms with Crippen LogP contribution in [0.2, 0.25) is 0 Å². The van der Waals surface area contributed by atoms with Crippen molar-refractivity contribution in [2.45, 2.75) is 6.92 Å². The molecule has 178 valence electrons. The maximum Gasteiger partial charge on any atom is 0.311 e. The highest BCUT2D eigenvalue weighted by Gasteiger charge is 2.28. The van der Waals surface area contributed by atoms with Gasteiger partial charge in [-0.1, -0.05) is 28.2 Å². The first kappa shape index (κ1) is 22.3. The molecule has 1 aliphatic rings. The lowest BCUT2D eigenvalue weighted by atomic mass is 10.1. The molecule has 2 aromatic heterocycles. The molecule has 2 amide bonds. The predicted molar refractivity (Wildman–Crippen MR) is 121 cm³/mol. The summed E-state index contributed by atoms with van der Waals surface area (Å²) in [4.78, 5) is 47.7. The molecule has 1 aliphatic heterocycles. The SMILES string of the molecule is Cc1oncc1C(=O)N1CCN(C(=O)c2cc(On3ncc4ccccc4c3=O)ccc2F)CC1. The molecule has 0 bridgehead atoms. The van der Waals surface area contributed by atoms with E-state index in [1.165, 1.54) is 29.4 Å². The molecule has 5 rings (SSSR count). The van der Waals surface area contributed by atoms with Gasteiger partial charge in [0.1, 0.15) is 17.1 Å². The van der Waals surface area contributed by atoms with Gasteiger partial charge in [-0.05, 0) is 31.2 Å². The van der Waals surface area contributed by atoms with Gasteiger partial charge in [-0.15, -0.1) is 5.10 Å². The second-order valence-corrected chi connectivity index (χ2v) is 8.02. The Morgan fingerprint density at radius 3 is 2.34 bits per heavy atom. The summed E-state index contributed by atoms with van der Waals surface area (Å²) in [5.41, 5.74) is -0.312. The highest BCUT2D eigenvalue weighted by molar-refractivity contribution is 5.96. The number of nitrogens with zero attached hydrogens (tertiary/aromatic N) is 5. The van der Waals surface area contributed by atoms with Gasteiger partial charge in [0, 0.05) is 31.6 Å². The second-order valence-electron chi connectivity index (χ2n) is 8.02. The van der Waals surface area contributed by atoms with Crippen molar-refractivity contribution in [3.05, 3.63) is 87.9 Å². The lowest BCUT2D eigenvalue weighted by Crippen LogP contribution is -2.50. The van der Waals surface area contributed by atoms with Gasteiger partial charge in [-0.3, -0.25) is 14.4 Å². The van der Waals surface area contributed by atoms with Crippen molar-refractivity contribution >= 4 is 22.6 Å². The van der Waals surface area contributed by atoms with E-state index < -0.39 is 17.3 Å². The number of amides is 2. The smallest absolute Gasteiger partial charge is 0.311 e. The minimum Gasteiger partial charge on any atom is -0.361 e. The summed E-state index contributed by atoms with van der Waals surface area (Å²) < 4.78 is 19.5. The van der Waals surface area contributed by atoms with Gasteiger partial charge in [-0.25, -0.2) is 4.39 Å². The number of benzene rings is 2. The van der Waals surface area contributed by atoms with E-state index in [9.17, 15) is 18.8 Å². The van der Waals surface area contributed by atoms with Crippen molar-refractivity contribution in [2.24, 2.45) is 0 Å². The van der Waals surface area contributed by atoms with Crippen LogP contribution in [0.4, 0.5) is 4.39 Å². The number of carbonyl (C=O) groups is 2. The van der Waals surface area contributed by atoms with Crippen LogP contribution in [0.3, 0.4) is 0 Å². The molecule has 0 aliphatic carbocycles. The van der Waals surface area contributed by atoms with Crippen LogP contribution in [-0.2, 0) is 0 Å². The monoisotopic (exact) mass is 477 g/mol. The van der Waals surface area contributed by atoms with Crippen LogP contribution in [0.15, 0.2) is 64.2 Å². The van der Waals surface area contributed by atoms with Crippen molar-refractivity contribution in [3.63, 3.8) is 0 Å². The summed E-state index contributed by atoms with van der Waals surface area (Å²) in [6, 6.07) is 10.6. The number of hydrogen-bond acceptors (Lipinski definition) is 7. The summed E-state index contributed by atoms with van der Waals surface area (Å²) in [7, 11) is 0. The molecule has 0 saturated carbocycles. The van der Waals surface area contributed by atoms with Crippen LogP contribution >= 0.6 is 0 Å². The number of rotatable bonds is 4. The number of piperazine rings is 1. The Hall–Kier alpha value is -4.54. The summed E-state index contributed by atoms with van der Waals surface area (Å²) >= 11 is 0. The molecule has 4 aromatic rings. The Kier molecular flexibility index (Phi) is 5.73. The molecule has 0 spiro atoms. The van der Waals surface area contributed by atoms with E-state index in [-0.39, 0.29) is 43.4 Å². The van der Waals surface area contributed by atoms with E-state index >= 15 is 0 Å². The maximum atomic E-state index is 14.6. The van der Waals surface area contributed by atoms with Crippen LogP contribution in [0.1, 0.15) is 26.5 Å². The molecule has 1 saturated heterocycles. The number of fused-ring (bicyclic) bond motifs is 1. The fraction of sp³-hybridized carbons (Fsp3) is 0.208. The largest absolute Gasteiger partial charge is 0.361 e. The van der Waals surface area contributed by atoms with Crippen LogP contribution in [0.5, 0.6) is 5.75 Å². The highest BCUT2D eigenvalue weighted by Crippen LogP contribution is 2.20. The molecule has 10 nitrogen and oxygen atoms in total. The zero-order valence-corrected chi connectivity index (χ0v) is 18.7. The van der Waals surface area contributed by atoms with Crippen LogP contribution in [0.25, 0.3) is 10.8 Å². The van der Waals surface area contributed by atoms with Gasteiger partial charge < -0.3 is 19.2 Å². The molecule has 11 heteroatoms. The van der Waals surface area contributed by atoms with E-state index in [4.69, 9.17) is 9.36 Å². The molecule has 0 atom stereocenters. The summed E-state index contributed by atoms with van der Waals surface area (Å²) in [6.07, 6.45) is 2.85. The molecule has 1 fully saturated rings. The Labute approximate surface area is 198 Å². The summed E-state index contributed by atoms with van der Waals surface area (Å²) in [5, 5.41) is 8.68. The fourth-order valence-electron chi connectivity index (χ4n) is 3.92. The minimum absolute atomic E-state index is 0.0800. The number of aromatic nitrogens is 3. The minimum atomic E-state index is -0.722. The maximum absolute atomic E-state index is 14.6. The third-order valence-electron chi connectivity index (χ3n) is 5.86. The number of carbonyl (C=O) groups excluding carboxylic acids is 2. The van der Waals surface area contributed by atoms with Gasteiger partial charge in [0.25, 0.3) is 11.8 Å². The number of aryl methyl sites for hydroxylation is 1. The quantitative estimate of drug-likeness (QED) is 0.443. The van der Waals surface area contributed by atoms with E-state index in [1.54, 1.807) is 36.1 Å². The van der Waals surface area contributed by atoms with Gasteiger partial charge in [0.2, 0.25) is 0 Å². The standard InChI is InChI=1S/C24H20FN5O5/c1-15-20(14-27-34-15)23(32)29-10-8-28(9-11-29)22(31)19-12-17(6-7-21(19)25)35-30-24(33)18-5-3-2-4-16(18)13-26-30/h2-7,12-14H,8-11H2,1H3. The highest BCUT2D eigenvalue weighted by atomic mass is 19.1. The summed E-state index contributed by atoms with van der Waals surface area (Å²) in [5.74, 6) is -0.991. The molecule has 0 radical (unpaired) electrons. The third-order valence-corrected chi connectivity index (χ3v) is 5.86. The van der Waals surface area contributed by atoms with E-state index in [0.29, 0.717) is 22.1 Å². The average molecular weight is 477 g/mol. The first-order valence-electron chi connectivity index (χ1n) is 10.9. The van der Waals surface area contributed by atoms with Gasteiger partial charge in [0.15, 0.2) is 5.75 Å². The van der Waals surface area contributed by atoms with E-state index in [1.807, 2.05) is 0 Å². The first-order chi connectivity index (χ1) is 16.9. The summed E-state index contributed by atoms with van der Waals surface area (Å²) in [6.45, 7) is 2.67. The zero-order chi connectivity index (χ0) is 24.5. The van der Waals surface area contributed by atoms with Gasteiger partial charge >= 0.3 is 5.56 Å². The predicted octanol–water partition coefficient (Wildman–Crippen LogP) is 2.27. The first-order valence-corrected chi connectivity index (χ1v) is 10.9. The van der Waals surface area contributed by atoms with Crippen molar-refractivity contribution < 1.29 is 23.3 Å². The lowest BCUT2D eigenvalue weighted by Gasteiger charge is -2.34. The number of hydrogen-bond donors (Lipinski definition) is 0. The Balaban J connectivity index is 1.31. The van der Waals surface area contributed by atoms with Crippen molar-refractivity contribution in [1.82, 2.24) is 24.9 Å². The average Bonchev–Trinajstić information content (AvgIpc) is 3.32. The van der Waals surface area contributed by atoms with E-state index in [2.05, 4.69) is 10.3 Å². The van der Waals surface area contributed by atoms with Gasteiger partial charge in [-0.2, -0.15) is 0 Å². The lowest BCUT2D eigenvalue weighted by molar-refractivity contribution is 0.0531. The van der Waals surface area contributed by atoms with Crippen molar-refractivity contribution in [3.8, 4) is 5.75 Å². The third kappa shape index (κ3) is 4.23. The Bertz CT molecular complexity index is 1490. The molecule has 0 unspecified atom stereocenters. The molecular formula is C24H20FN5O5. The fourth-order valence-corrected chi connectivity index (χ4v) is 3.92. The number of halogens is 1. The van der Waals surface area contributed by atoms with Crippen molar-refractivity contribution in [1.29, 1.82) is 0 Å². The molecule has 3 heterocycles. The Morgan fingerprint density at radius 2 is 1.66 bits per heavy atom. The van der Waals surface area contributed by atoms with Crippen LogP contribution in [-0.4, -0.2) is 62.9 Å². The van der Waals surface area contributed by atoms with Crippen LogP contribution < -0.4 is 10.4 Å². The van der Waals surface area contributed by atoms with Crippen molar-refractivity contribution in [2.75, 3.05) is 26.2 Å². The Morgan fingerprint density at radius 1 is 0.971 bits per heavy atom. The second kappa shape index (κ2) is 9.01. The van der Waals surface area contributed by atoms with Crippen LogP contribution in [0, 0.1) is 12.7 Å². The molecule has 2 aromatic carbocycles. The van der Waals surface area contributed by atoms with E-state index in [0.717, 1.165) is 10.9 Å². The van der Waals surface area contributed by atoms with Gasteiger partial charge in [0.05, 0.1) is 23.3 Å². The zero-order valence-electron chi connectivity index (χ0n) is 18.7. The topological polar surface area (TPSA) is 111 Å². The normalized spacial score (nSPS) is 13.8. The molecule has 0 N–H and O–H groups in total. The molecule has 35 heavy (non-hydrogen) atoms.